The predicted octanol–water partition coefficient (Wildman–Crippen LogP) is 4.04. The number of nitrogens with one attached hydrogen (secondary N) is 1. The van der Waals surface area contributed by atoms with Crippen molar-refractivity contribution < 1.29 is 9.15 Å². The number of aryl methyl sites for hydroxylation is 1. The lowest BCUT2D eigenvalue weighted by Gasteiger charge is -2.18. The summed E-state index contributed by atoms with van der Waals surface area (Å²) in [6, 6.07) is 10.6. The van der Waals surface area contributed by atoms with Gasteiger partial charge in [-0.25, -0.2) is 0 Å². The molecule has 0 bridgehead atoms. The van der Waals surface area contributed by atoms with E-state index in [-0.39, 0.29) is 0 Å². The van der Waals surface area contributed by atoms with Crippen LogP contribution in [0, 0.1) is 6.92 Å². The Labute approximate surface area is 124 Å². The highest BCUT2D eigenvalue weighted by atomic mass is 32.2. The second-order valence-electron chi connectivity index (χ2n) is 4.54. The van der Waals surface area contributed by atoms with Crippen molar-refractivity contribution in [1.82, 2.24) is 5.32 Å². The van der Waals surface area contributed by atoms with Crippen molar-refractivity contribution in [2.45, 2.75) is 24.8 Å². The summed E-state index contributed by atoms with van der Waals surface area (Å²) in [6.45, 7) is 5.06. The van der Waals surface area contributed by atoms with E-state index < -0.39 is 0 Å². The van der Waals surface area contributed by atoms with Crippen molar-refractivity contribution in [3.63, 3.8) is 0 Å². The van der Waals surface area contributed by atoms with Crippen molar-refractivity contribution >= 4 is 11.8 Å². The lowest BCUT2D eigenvalue weighted by atomic mass is 10.1. The van der Waals surface area contributed by atoms with Crippen molar-refractivity contribution in [2.24, 2.45) is 0 Å². The first-order valence-corrected chi connectivity index (χ1v) is 7.77. The molecule has 0 spiro atoms. The Morgan fingerprint density at radius 1 is 1.35 bits per heavy atom. The summed E-state index contributed by atoms with van der Waals surface area (Å²) < 4.78 is 10.6. The number of rotatable bonds is 7. The summed E-state index contributed by atoms with van der Waals surface area (Å²) in [5.74, 6) is 2.84. The molecule has 1 unspecified atom stereocenters. The molecule has 4 heteroatoms. The number of benzene rings is 1. The van der Waals surface area contributed by atoms with Gasteiger partial charge in [-0.2, -0.15) is 0 Å². The maximum atomic E-state index is 5.34. The fourth-order valence-electron chi connectivity index (χ4n) is 2.07. The van der Waals surface area contributed by atoms with Crippen LogP contribution in [-0.4, -0.2) is 19.4 Å². The van der Waals surface area contributed by atoms with E-state index in [1.807, 2.05) is 36.9 Å². The molecule has 0 saturated heterocycles. The van der Waals surface area contributed by atoms with E-state index in [9.17, 15) is 0 Å². The molecule has 0 radical (unpaired) electrons. The number of methoxy groups -OCH3 is 1. The van der Waals surface area contributed by atoms with E-state index in [4.69, 9.17) is 9.15 Å². The molecule has 3 nitrogen and oxygen atoms in total. The zero-order valence-electron chi connectivity index (χ0n) is 12.2. The smallest absolute Gasteiger partial charge is 0.119 e. The summed E-state index contributed by atoms with van der Waals surface area (Å²) >= 11 is 1.81. The number of thioether (sulfide) groups is 1. The summed E-state index contributed by atoms with van der Waals surface area (Å²) in [5.41, 5.74) is 1.25. The number of hydrogen-bond donors (Lipinski definition) is 1. The van der Waals surface area contributed by atoms with Crippen LogP contribution in [0.4, 0.5) is 0 Å². The molecule has 1 N–H and O–H groups in total. The van der Waals surface area contributed by atoms with E-state index >= 15 is 0 Å². The third kappa shape index (κ3) is 3.81. The van der Waals surface area contributed by atoms with Crippen LogP contribution in [0.2, 0.25) is 0 Å². The number of furan rings is 1. The van der Waals surface area contributed by atoms with Crippen LogP contribution in [0.25, 0.3) is 0 Å². The second kappa shape index (κ2) is 7.41. The minimum atomic E-state index is 0.300. The van der Waals surface area contributed by atoms with E-state index in [0.29, 0.717) is 6.04 Å². The average molecular weight is 291 g/mol. The van der Waals surface area contributed by atoms with E-state index in [1.54, 1.807) is 13.4 Å². The monoisotopic (exact) mass is 291 g/mol. The van der Waals surface area contributed by atoms with Gasteiger partial charge in [-0.05, 0) is 37.2 Å². The van der Waals surface area contributed by atoms with Crippen LogP contribution in [0.1, 0.15) is 24.3 Å². The summed E-state index contributed by atoms with van der Waals surface area (Å²) in [5, 5.41) is 3.53. The molecule has 0 aliphatic heterocycles. The van der Waals surface area contributed by atoms with Gasteiger partial charge in [0.25, 0.3) is 0 Å². The summed E-state index contributed by atoms with van der Waals surface area (Å²) in [6.07, 6.45) is 1.74. The van der Waals surface area contributed by atoms with Gasteiger partial charge in [-0.15, -0.1) is 11.8 Å². The van der Waals surface area contributed by atoms with Gasteiger partial charge in [-0.3, -0.25) is 0 Å². The molecule has 0 aliphatic carbocycles. The van der Waals surface area contributed by atoms with Crippen LogP contribution >= 0.6 is 11.8 Å². The Hall–Kier alpha value is -1.39. The van der Waals surface area contributed by atoms with Crippen molar-refractivity contribution in [3.8, 4) is 5.75 Å². The molecule has 0 aliphatic rings. The first-order valence-electron chi connectivity index (χ1n) is 6.78. The average Bonchev–Trinajstić information content (AvgIpc) is 2.89. The third-order valence-corrected chi connectivity index (χ3v) is 4.40. The Kier molecular flexibility index (Phi) is 5.56. The second-order valence-corrected chi connectivity index (χ2v) is 5.60. The van der Waals surface area contributed by atoms with E-state index in [0.717, 1.165) is 23.8 Å². The van der Waals surface area contributed by atoms with Gasteiger partial charge in [0, 0.05) is 16.7 Å². The van der Waals surface area contributed by atoms with Gasteiger partial charge < -0.3 is 14.5 Å². The highest BCUT2D eigenvalue weighted by Gasteiger charge is 2.13. The van der Waals surface area contributed by atoms with Crippen LogP contribution in [0.3, 0.4) is 0 Å². The minimum Gasteiger partial charge on any atom is -0.497 e. The number of hydrogen-bond acceptors (Lipinski definition) is 4. The molecule has 1 atom stereocenters. The molecule has 108 valence electrons. The normalized spacial score (nSPS) is 12.3. The lowest BCUT2D eigenvalue weighted by molar-refractivity contribution is 0.413. The van der Waals surface area contributed by atoms with E-state index in [2.05, 4.69) is 24.4 Å². The van der Waals surface area contributed by atoms with Gasteiger partial charge in [0.05, 0.1) is 13.4 Å². The van der Waals surface area contributed by atoms with Crippen molar-refractivity contribution in [2.75, 3.05) is 19.4 Å². The van der Waals surface area contributed by atoms with Gasteiger partial charge in [0.2, 0.25) is 0 Å². The molecule has 1 aromatic carbocycles. The zero-order valence-corrected chi connectivity index (χ0v) is 13.0. The molecule has 20 heavy (non-hydrogen) atoms. The largest absolute Gasteiger partial charge is 0.497 e. The molecule has 1 aromatic heterocycles. The zero-order chi connectivity index (χ0) is 14.4. The minimum absolute atomic E-state index is 0.300. The third-order valence-electron chi connectivity index (χ3n) is 3.16. The molecule has 0 fully saturated rings. The lowest BCUT2D eigenvalue weighted by Crippen LogP contribution is -2.22. The van der Waals surface area contributed by atoms with Crippen molar-refractivity contribution in [3.05, 3.63) is 47.9 Å². The maximum Gasteiger partial charge on any atom is 0.119 e. The number of ether oxygens (including phenoxy) is 1. The fourth-order valence-corrected chi connectivity index (χ4v) is 3.13. The van der Waals surface area contributed by atoms with Crippen LogP contribution in [-0.2, 0) is 0 Å². The quantitative estimate of drug-likeness (QED) is 0.781. The van der Waals surface area contributed by atoms with Gasteiger partial charge >= 0.3 is 0 Å². The molecular weight excluding hydrogens is 270 g/mol. The van der Waals surface area contributed by atoms with Crippen molar-refractivity contribution in [1.29, 1.82) is 0 Å². The predicted molar refractivity (Wildman–Crippen MR) is 83.6 cm³/mol. The summed E-state index contributed by atoms with van der Waals surface area (Å²) in [7, 11) is 1.70. The Morgan fingerprint density at radius 3 is 2.85 bits per heavy atom. The van der Waals surface area contributed by atoms with Crippen LogP contribution in [0.5, 0.6) is 5.75 Å². The first-order chi connectivity index (χ1) is 9.74. The van der Waals surface area contributed by atoms with Crippen LogP contribution < -0.4 is 10.1 Å². The SMILES string of the molecule is CCNC(CSc1ccoc1C)c1cccc(OC)c1. The summed E-state index contributed by atoms with van der Waals surface area (Å²) in [4.78, 5) is 1.20. The molecule has 0 saturated carbocycles. The standard InChI is InChI=1S/C16H21NO2S/c1-4-17-15(11-20-16-8-9-19-12(16)2)13-6-5-7-14(10-13)18-3/h5-10,15,17H,4,11H2,1-3H3. The fraction of sp³-hybridized carbons (Fsp3) is 0.375. The molecular formula is C16H21NO2S. The molecule has 2 rings (SSSR count). The van der Waals surface area contributed by atoms with E-state index in [1.165, 1.54) is 10.5 Å². The maximum absolute atomic E-state index is 5.34. The molecule has 0 amide bonds. The highest BCUT2D eigenvalue weighted by Crippen LogP contribution is 2.29. The van der Waals surface area contributed by atoms with Crippen LogP contribution in [0.15, 0.2) is 45.9 Å². The highest BCUT2D eigenvalue weighted by molar-refractivity contribution is 7.99. The molecule has 1 heterocycles. The Bertz CT molecular complexity index is 539. The Morgan fingerprint density at radius 2 is 2.20 bits per heavy atom. The van der Waals surface area contributed by atoms with Gasteiger partial charge in [-0.1, -0.05) is 19.1 Å². The van der Waals surface area contributed by atoms with Gasteiger partial charge in [0.15, 0.2) is 0 Å². The van der Waals surface area contributed by atoms with Gasteiger partial charge in [0.1, 0.15) is 11.5 Å². The first kappa shape index (κ1) is 15.0. The topological polar surface area (TPSA) is 34.4 Å². The molecule has 2 aromatic rings. The Balaban J connectivity index is 2.08.